The average Bonchev–Trinajstić information content (AvgIpc) is 3.20. The van der Waals surface area contributed by atoms with Crippen LogP contribution in [0.25, 0.3) is 0 Å². The Morgan fingerprint density at radius 1 is 0.697 bits per heavy atom. The topological polar surface area (TPSA) is 43.9 Å². The van der Waals surface area contributed by atoms with Crippen LogP contribution in [0.4, 0.5) is 11.4 Å². The Balaban J connectivity index is 1.68. The van der Waals surface area contributed by atoms with Crippen LogP contribution in [0.2, 0.25) is 0 Å². The number of aryl methyl sites for hydroxylation is 1. The van der Waals surface area contributed by atoms with E-state index in [2.05, 4.69) is 45.4 Å². The molecule has 5 rings (SSSR count). The molecule has 0 amide bonds. The molecular formula is C27H30N3O2P. The average molecular weight is 460 g/mol. The third kappa shape index (κ3) is 4.12. The van der Waals surface area contributed by atoms with Crippen LogP contribution >= 0.6 is 7.44 Å². The molecule has 0 aliphatic carbocycles. The summed E-state index contributed by atoms with van der Waals surface area (Å²) in [4.78, 5) is 14.4. The summed E-state index contributed by atoms with van der Waals surface area (Å²) in [6.07, 6.45) is 1.03. The van der Waals surface area contributed by atoms with E-state index in [0.717, 1.165) is 16.9 Å². The quantitative estimate of drug-likeness (QED) is 0.446. The second-order valence-electron chi connectivity index (χ2n) is 8.87. The zero-order valence-corrected chi connectivity index (χ0v) is 19.9. The van der Waals surface area contributed by atoms with E-state index in [-0.39, 0.29) is 5.78 Å². The van der Waals surface area contributed by atoms with Gasteiger partial charge in [0.1, 0.15) is 11.6 Å². The predicted octanol–water partition coefficient (Wildman–Crippen LogP) is 5.88. The number of carbonyl (C=O) groups is 1. The van der Waals surface area contributed by atoms with Gasteiger partial charge in [0.15, 0.2) is 0 Å². The Hall–Kier alpha value is -2.88. The van der Waals surface area contributed by atoms with Crippen molar-refractivity contribution in [1.29, 1.82) is 0 Å². The Morgan fingerprint density at radius 2 is 1.18 bits per heavy atom. The molecule has 2 aliphatic heterocycles. The number of benzene rings is 3. The zero-order chi connectivity index (χ0) is 22.8. The SMILES string of the molecule is Cc1ccc(C(N2CCC(=O)CC2)P2(=O)N(c3ccccc3)CCN2c2ccccc2)cc1. The summed E-state index contributed by atoms with van der Waals surface area (Å²) >= 11 is 0. The van der Waals surface area contributed by atoms with E-state index in [0.29, 0.717) is 44.8 Å². The number of para-hydroxylation sites is 2. The molecule has 0 aromatic heterocycles. The smallest absolute Gasteiger partial charge is 0.284 e. The second kappa shape index (κ2) is 9.17. The monoisotopic (exact) mass is 459 g/mol. The number of carbonyl (C=O) groups excluding carboxylic acids is 1. The summed E-state index contributed by atoms with van der Waals surface area (Å²) in [7, 11) is -3.19. The minimum absolute atomic E-state index is 0.290. The highest BCUT2D eigenvalue weighted by Crippen LogP contribution is 2.69. The predicted molar refractivity (Wildman–Crippen MR) is 135 cm³/mol. The third-order valence-corrected chi connectivity index (χ3v) is 10.2. The summed E-state index contributed by atoms with van der Waals surface area (Å²) in [5.41, 5.74) is 4.17. The summed E-state index contributed by atoms with van der Waals surface area (Å²) in [6.45, 7) is 4.71. The van der Waals surface area contributed by atoms with Crippen LogP contribution < -0.4 is 9.34 Å². The molecule has 6 heteroatoms. The van der Waals surface area contributed by atoms with E-state index in [1.54, 1.807) is 0 Å². The van der Waals surface area contributed by atoms with Crippen molar-refractivity contribution < 1.29 is 9.36 Å². The van der Waals surface area contributed by atoms with Crippen LogP contribution in [0, 0.1) is 6.92 Å². The van der Waals surface area contributed by atoms with Gasteiger partial charge >= 0.3 is 0 Å². The third-order valence-electron chi connectivity index (χ3n) is 6.72. The zero-order valence-electron chi connectivity index (χ0n) is 19.0. The standard InChI is InChI=1S/C27H30N3O2P/c1-22-12-14-23(15-13-22)27(28-18-16-26(31)17-19-28)33(32)29(24-8-4-2-5-9-24)20-21-30(33)25-10-6-3-7-11-25/h2-15,27H,16-21H2,1H3. The van der Waals surface area contributed by atoms with Gasteiger partial charge in [0.2, 0.25) is 0 Å². The van der Waals surface area contributed by atoms with Gasteiger partial charge in [-0.1, -0.05) is 66.2 Å². The first kappa shape index (κ1) is 21.9. The summed E-state index contributed by atoms with van der Waals surface area (Å²) < 4.78 is 19.8. The highest BCUT2D eigenvalue weighted by atomic mass is 31.2. The maximum absolute atomic E-state index is 15.6. The summed E-state index contributed by atoms with van der Waals surface area (Å²) in [6, 6.07) is 28.6. The largest absolute Gasteiger partial charge is 0.304 e. The van der Waals surface area contributed by atoms with Crippen LogP contribution in [0.1, 0.15) is 29.8 Å². The number of piperidine rings is 1. The van der Waals surface area contributed by atoms with Gasteiger partial charge in [-0.25, -0.2) is 0 Å². The first-order valence-corrected chi connectivity index (χ1v) is 13.3. The number of rotatable bonds is 5. The van der Waals surface area contributed by atoms with Crippen molar-refractivity contribution in [3.63, 3.8) is 0 Å². The van der Waals surface area contributed by atoms with Gasteiger partial charge < -0.3 is 9.34 Å². The lowest BCUT2D eigenvalue weighted by atomic mass is 10.1. The molecule has 0 spiro atoms. The van der Waals surface area contributed by atoms with Gasteiger partial charge in [0.05, 0.1) is 0 Å². The van der Waals surface area contributed by atoms with E-state index in [1.165, 1.54) is 5.56 Å². The highest BCUT2D eigenvalue weighted by molar-refractivity contribution is 7.67. The van der Waals surface area contributed by atoms with E-state index in [4.69, 9.17) is 0 Å². The maximum atomic E-state index is 15.6. The molecular weight excluding hydrogens is 429 g/mol. The molecule has 170 valence electrons. The summed E-state index contributed by atoms with van der Waals surface area (Å²) in [5.74, 6) is -0.0347. The molecule has 2 aliphatic rings. The Labute approximate surface area is 196 Å². The minimum Gasteiger partial charge on any atom is -0.304 e. The second-order valence-corrected chi connectivity index (χ2v) is 11.5. The normalized spacial score (nSPS) is 19.6. The molecule has 0 bridgehead atoms. The Bertz CT molecular complexity index is 1090. The van der Waals surface area contributed by atoms with Gasteiger partial charge in [-0.3, -0.25) is 14.3 Å². The van der Waals surface area contributed by atoms with Crippen molar-refractivity contribution in [2.75, 3.05) is 35.5 Å². The number of nitrogens with zero attached hydrogens (tertiary/aromatic N) is 3. The molecule has 33 heavy (non-hydrogen) atoms. The van der Waals surface area contributed by atoms with Crippen molar-refractivity contribution in [2.45, 2.75) is 25.5 Å². The van der Waals surface area contributed by atoms with Crippen LogP contribution in [-0.2, 0) is 9.36 Å². The minimum atomic E-state index is -3.19. The van der Waals surface area contributed by atoms with Crippen LogP contribution in [0.15, 0.2) is 84.9 Å². The van der Waals surface area contributed by atoms with E-state index in [9.17, 15) is 4.79 Å². The molecule has 1 unspecified atom stereocenters. The van der Waals surface area contributed by atoms with E-state index >= 15 is 4.57 Å². The van der Waals surface area contributed by atoms with Crippen molar-refractivity contribution in [3.8, 4) is 0 Å². The van der Waals surface area contributed by atoms with E-state index in [1.807, 2.05) is 60.7 Å². The fraction of sp³-hybridized carbons (Fsp3) is 0.296. The molecule has 3 aromatic carbocycles. The molecule has 1 atom stereocenters. The van der Waals surface area contributed by atoms with Crippen molar-refractivity contribution in [1.82, 2.24) is 4.90 Å². The fourth-order valence-corrected chi connectivity index (χ4v) is 8.72. The number of likely N-dealkylation sites (tertiary alicyclic amines) is 1. The molecule has 5 nitrogen and oxygen atoms in total. The van der Waals surface area contributed by atoms with Crippen LogP contribution in [-0.4, -0.2) is 36.9 Å². The van der Waals surface area contributed by atoms with Crippen LogP contribution in [0.3, 0.4) is 0 Å². The number of Topliss-reactive ketones (excluding diaryl/α,β-unsaturated/α-hetero) is 1. The highest BCUT2D eigenvalue weighted by Gasteiger charge is 2.52. The fourth-order valence-electron chi connectivity index (χ4n) is 5.03. The lowest BCUT2D eigenvalue weighted by Crippen LogP contribution is -2.40. The lowest BCUT2D eigenvalue weighted by molar-refractivity contribution is -0.121. The first-order chi connectivity index (χ1) is 16.1. The molecule has 0 saturated carbocycles. The molecule has 0 N–H and O–H groups in total. The molecule has 3 aromatic rings. The Kier molecular flexibility index (Phi) is 6.09. The molecule has 2 saturated heterocycles. The first-order valence-electron chi connectivity index (χ1n) is 11.7. The van der Waals surface area contributed by atoms with Gasteiger partial charge in [-0.05, 0) is 36.8 Å². The van der Waals surface area contributed by atoms with Crippen LogP contribution in [0.5, 0.6) is 0 Å². The number of hydrogen-bond donors (Lipinski definition) is 0. The number of hydrogen-bond acceptors (Lipinski definition) is 3. The van der Waals surface area contributed by atoms with Gasteiger partial charge in [-0.15, -0.1) is 0 Å². The van der Waals surface area contributed by atoms with Crippen molar-refractivity contribution in [2.24, 2.45) is 0 Å². The molecule has 2 fully saturated rings. The maximum Gasteiger partial charge on any atom is 0.284 e. The van der Waals surface area contributed by atoms with Gasteiger partial charge in [-0.2, -0.15) is 0 Å². The Morgan fingerprint density at radius 3 is 1.67 bits per heavy atom. The van der Waals surface area contributed by atoms with Crippen molar-refractivity contribution in [3.05, 3.63) is 96.1 Å². The van der Waals surface area contributed by atoms with Crippen molar-refractivity contribution >= 4 is 24.6 Å². The number of anilines is 2. The lowest BCUT2D eigenvalue weighted by Gasteiger charge is -2.44. The number of ketones is 1. The molecule has 0 radical (unpaired) electrons. The molecule has 2 heterocycles. The summed E-state index contributed by atoms with van der Waals surface area (Å²) in [5, 5.41) is 0. The van der Waals surface area contributed by atoms with E-state index < -0.39 is 7.44 Å². The van der Waals surface area contributed by atoms with Gasteiger partial charge in [0, 0.05) is 50.4 Å². The van der Waals surface area contributed by atoms with Gasteiger partial charge in [0.25, 0.3) is 7.44 Å².